The maximum atomic E-state index is 2.33. The van der Waals surface area contributed by atoms with E-state index >= 15 is 0 Å². The number of aryl methyl sites for hydroxylation is 1. The van der Waals surface area contributed by atoms with Gasteiger partial charge >= 0.3 is 0 Å². The smallest absolute Gasteiger partial charge is 0.00767 e. The molecule has 0 N–H and O–H groups in total. The van der Waals surface area contributed by atoms with E-state index in [9.17, 15) is 0 Å². The standard InChI is InChI=1S/C17H16/c1-12-11-15-9-6-10-16(15)17(13(12)2)14-7-4-3-5-8-14/h3-8,10-11H,9H2,1-2H3. The van der Waals surface area contributed by atoms with Crippen LogP contribution >= 0.6 is 0 Å². The van der Waals surface area contributed by atoms with E-state index in [1.165, 1.54) is 33.4 Å². The minimum absolute atomic E-state index is 1.08. The summed E-state index contributed by atoms with van der Waals surface area (Å²) >= 11 is 0. The lowest BCUT2D eigenvalue weighted by molar-refractivity contribution is 1.24. The van der Waals surface area contributed by atoms with E-state index in [4.69, 9.17) is 0 Å². The van der Waals surface area contributed by atoms with Gasteiger partial charge in [-0.2, -0.15) is 0 Å². The fourth-order valence-corrected chi connectivity index (χ4v) is 2.65. The van der Waals surface area contributed by atoms with Gasteiger partial charge in [0.25, 0.3) is 0 Å². The van der Waals surface area contributed by atoms with Crippen LogP contribution in [-0.2, 0) is 6.42 Å². The number of hydrogen-bond donors (Lipinski definition) is 0. The monoisotopic (exact) mass is 220 g/mol. The Morgan fingerprint density at radius 3 is 2.53 bits per heavy atom. The maximum Gasteiger partial charge on any atom is -0.00767 e. The van der Waals surface area contributed by atoms with Gasteiger partial charge in [-0.05, 0) is 53.6 Å². The molecule has 0 unspecified atom stereocenters. The van der Waals surface area contributed by atoms with Crippen molar-refractivity contribution in [1.82, 2.24) is 0 Å². The maximum absolute atomic E-state index is 2.33. The molecular weight excluding hydrogens is 204 g/mol. The Hall–Kier alpha value is -1.82. The highest BCUT2D eigenvalue weighted by Gasteiger charge is 2.15. The predicted octanol–water partition coefficient (Wildman–Crippen LogP) is 4.54. The second-order valence-electron chi connectivity index (χ2n) is 4.74. The fourth-order valence-electron chi connectivity index (χ4n) is 2.65. The number of allylic oxidation sites excluding steroid dienone is 1. The molecule has 0 nitrogen and oxygen atoms in total. The molecule has 0 amide bonds. The summed E-state index contributed by atoms with van der Waals surface area (Å²) < 4.78 is 0. The molecule has 1 aliphatic carbocycles. The van der Waals surface area contributed by atoms with Gasteiger partial charge in [0.1, 0.15) is 0 Å². The van der Waals surface area contributed by atoms with Crippen molar-refractivity contribution in [3.63, 3.8) is 0 Å². The molecule has 84 valence electrons. The average molecular weight is 220 g/mol. The van der Waals surface area contributed by atoms with Crippen molar-refractivity contribution in [3.05, 3.63) is 64.7 Å². The second-order valence-corrected chi connectivity index (χ2v) is 4.74. The van der Waals surface area contributed by atoms with E-state index in [1.807, 2.05) is 0 Å². The van der Waals surface area contributed by atoms with Crippen LogP contribution in [0.25, 0.3) is 17.2 Å². The molecule has 17 heavy (non-hydrogen) atoms. The van der Waals surface area contributed by atoms with Crippen LogP contribution in [0.4, 0.5) is 0 Å². The highest BCUT2D eigenvalue weighted by molar-refractivity contribution is 5.82. The minimum Gasteiger partial charge on any atom is -0.0795 e. The fraction of sp³-hybridized carbons (Fsp3) is 0.176. The van der Waals surface area contributed by atoms with Crippen LogP contribution in [-0.4, -0.2) is 0 Å². The van der Waals surface area contributed by atoms with Crippen LogP contribution in [0.5, 0.6) is 0 Å². The number of fused-ring (bicyclic) bond motifs is 1. The minimum atomic E-state index is 1.08. The van der Waals surface area contributed by atoms with E-state index in [2.05, 4.69) is 62.4 Å². The highest BCUT2D eigenvalue weighted by atomic mass is 14.2. The molecule has 0 radical (unpaired) electrons. The Kier molecular flexibility index (Phi) is 2.36. The van der Waals surface area contributed by atoms with Gasteiger partial charge < -0.3 is 0 Å². The van der Waals surface area contributed by atoms with Gasteiger partial charge in [0.15, 0.2) is 0 Å². The van der Waals surface area contributed by atoms with Crippen molar-refractivity contribution in [1.29, 1.82) is 0 Å². The zero-order valence-corrected chi connectivity index (χ0v) is 10.3. The van der Waals surface area contributed by atoms with Gasteiger partial charge in [-0.25, -0.2) is 0 Å². The lowest BCUT2D eigenvalue weighted by atomic mass is 9.90. The number of hydrogen-bond acceptors (Lipinski definition) is 0. The summed E-state index contributed by atoms with van der Waals surface area (Å²) in [4.78, 5) is 0. The van der Waals surface area contributed by atoms with E-state index in [-0.39, 0.29) is 0 Å². The summed E-state index contributed by atoms with van der Waals surface area (Å²) in [6.45, 7) is 4.44. The third-order valence-electron chi connectivity index (χ3n) is 3.66. The van der Waals surface area contributed by atoms with Crippen LogP contribution in [0, 0.1) is 13.8 Å². The highest BCUT2D eigenvalue weighted by Crippen LogP contribution is 2.35. The van der Waals surface area contributed by atoms with E-state index in [0.717, 1.165) is 6.42 Å². The molecule has 0 aromatic heterocycles. The van der Waals surface area contributed by atoms with Crippen LogP contribution in [0.3, 0.4) is 0 Å². The summed E-state index contributed by atoms with van der Waals surface area (Å²) in [6, 6.07) is 13.0. The Balaban J connectivity index is 2.33. The van der Waals surface area contributed by atoms with E-state index in [1.54, 1.807) is 0 Å². The zero-order valence-electron chi connectivity index (χ0n) is 10.3. The van der Waals surface area contributed by atoms with Gasteiger partial charge in [-0.3, -0.25) is 0 Å². The first-order valence-corrected chi connectivity index (χ1v) is 6.12. The molecule has 0 heterocycles. The topological polar surface area (TPSA) is 0 Å². The van der Waals surface area contributed by atoms with Crippen molar-refractivity contribution in [2.24, 2.45) is 0 Å². The van der Waals surface area contributed by atoms with Crippen molar-refractivity contribution < 1.29 is 0 Å². The Bertz CT molecular complexity index is 589. The van der Waals surface area contributed by atoms with Crippen LogP contribution < -0.4 is 0 Å². The zero-order chi connectivity index (χ0) is 11.8. The normalized spacial score (nSPS) is 12.8. The second kappa shape index (κ2) is 3.89. The SMILES string of the molecule is Cc1cc2c(c(-c3ccccc3)c1C)C=CC2. The Labute approximate surface area is 103 Å². The summed E-state index contributed by atoms with van der Waals surface area (Å²) in [6.07, 6.45) is 5.61. The summed E-state index contributed by atoms with van der Waals surface area (Å²) in [7, 11) is 0. The molecule has 0 saturated heterocycles. The summed E-state index contributed by atoms with van der Waals surface area (Å²) in [5.74, 6) is 0. The first-order valence-electron chi connectivity index (χ1n) is 6.12. The van der Waals surface area contributed by atoms with Crippen LogP contribution in [0.1, 0.15) is 22.3 Å². The van der Waals surface area contributed by atoms with Crippen LogP contribution in [0.15, 0.2) is 42.5 Å². The molecule has 0 spiro atoms. The van der Waals surface area contributed by atoms with Gasteiger partial charge in [0, 0.05) is 0 Å². The summed E-state index contributed by atoms with van der Waals surface area (Å²) in [5.41, 5.74) is 8.42. The number of benzene rings is 2. The van der Waals surface area contributed by atoms with Crippen molar-refractivity contribution in [2.45, 2.75) is 20.3 Å². The lowest BCUT2D eigenvalue weighted by Crippen LogP contribution is -1.94. The predicted molar refractivity (Wildman–Crippen MR) is 74.1 cm³/mol. The van der Waals surface area contributed by atoms with E-state index in [0.29, 0.717) is 0 Å². The molecule has 2 aromatic rings. The molecule has 0 fully saturated rings. The molecule has 3 rings (SSSR count). The largest absolute Gasteiger partial charge is 0.0795 e. The molecule has 0 heteroatoms. The molecule has 0 aliphatic heterocycles. The van der Waals surface area contributed by atoms with Gasteiger partial charge in [0.05, 0.1) is 0 Å². The first kappa shape index (κ1) is 10.3. The Morgan fingerprint density at radius 1 is 1.00 bits per heavy atom. The van der Waals surface area contributed by atoms with Crippen molar-refractivity contribution in [3.8, 4) is 11.1 Å². The molecular formula is C17H16. The molecule has 0 bridgehead atoms. The third kappa shape index (κ3) is 1.61. The molecule has 0 saturated carbocycles. The Morgan fingerprint density at radius 2 is 1.76 bits per heavy atom. The molecule has 1 aliphatic rings. The van der Waals surface area contributed by atoms with Crippen LogP contribution in [0.2, 0.25) is 0 Å². The van der Waals surface area contributed by atoms with Gasteiger partial charge in [0.2, 0.25) is 0 Å². The van der Waals surface area contributed by atoms with Gasteiger partial charge in [-0.15, -0.1) is 0 Å². The number of rotatable bonds is 1. The average Bonchev–Trinajstić information content (AvgIpc) is 2.79. The molecule has 2 aromatic carbocycles. The van der Waals surface area contributed by atoms with Crippen molar-refractivity contribution >= 4 is 6.08 Å². The summed E-state index contributed by atoms with van der Waals surface area (Å²) in [5, 5.41) is 0. The van der Waals surface area contributed by atoms with Gasteiger partial charge in [-0.1, -0.05) is 48.6 Å². The van der Waals surface area contributed by atoms with Crippen molar-refractivity contribution in [2.75, 3.05) is 0 Å². The van der Waals surface area contributed by atoms with E-state index < -0.39 is 0 Å². The molecule has 0 atom stereocenters. The quantitative estimate of drug-likeness (QED) is 0.662. The first-order chi connectivity index (χ1) is 8.27. The lowest BCUT2D eigenvalue weighted by Gasteiger charge is -2.14. The third-order valence-corrected chi connectivity index (χ3v) is 3.66.